The number of carbonyl (C=O) groups excluding carboxylic acids is 1. The van der Waals surface area contributed by atoms with Gasteiger partial charge in [0, 0.05) is 29.3 Å². The second-order valence-electron chi connectivity index (χ2n) is 7.79. The Morgan fingerprint density at radius 1 is 1.10 bits per heavy atom. The Bertz CT molecular complexity index is 1100. The summed E-state index contributed by atoms with van der Waals surface area (Å²) in [4.78, 5) is 24.8. The molecule has 0 amide bonds. The first-order chi connectivity index (χ1) is 14.0. The lowest BCUT2D eigenvalue weighted by atomic mass is 9.75. The largest absolute Gasteiger partial charge is 0.481 e. The highest BCUT2D eigenvalue weighted by Crippen LogP contribution is 2.37. The molecule has 3 atom stereocenters. The molecule has 4 heteroatoms. The molecule has 4 rings (SSSR count). The van der Waals surface area contributed by atoms with Crippen molar-refractivity contribution in [3.63, 3.8) is 0 Å². The van der Waals surface area contributed by atoms with Crippen LogP contribution in [-0.2, 0) is 11.2 Å². The normalized spacial score (nSPS) is 21.1. The zero-order valence-electron chi connectivity index (χ0n) is 16.7. The number of carboxylic acids is 1. The third-order valence-electron chi connectivity index (χ3n) is 6.11. The second-order valence-corrected chi connectivity index (χ2v) is 7.79. The number of aliphatic carboxylic acids is 1. The second kappa shape index (κ2) is 7.70. The van der Waals surface area contributed by atoms with Crippen LogP contribution >= 0.6 is 0 Å². The van der Waals surface area contributed by atoms with E-state index in [1.54, 1.807) is 4.57 Å². The van der Waals surface area contributed by atoms with Crippen molar-refractivity contribution in [3.05, 3.63) is 83.6 Å². The zero-order valence-corrected chi connectivity index (χ0v) is 16.7. The predicted molar refractivity (Wildman–Crippen MR) is 115 cm³/mol. The summed E-state index contributed by atoms with van der Waals surface area (Å²) in [7, 11) is 0. The molecule has 4 nitrogen and oxygen atoms in total. The van der Waals surface area contributed by atoms with E-state index in [0.717, 1.165) is 27.7 Å². The molecular formula is C25H25NO3. The number of hydrogen-bond acceptors (Lipinski definition) is 2. The van der Waals surface area contributed by atoms with E-state index < -0.39 is 5.97 Å². The summed E-state index contributed by atoms with van der Waals surface area (Å²) in [6.07, 6.45) is 15.2. The third kappa shape index (κ3) is 3.39. The van der Waals surface area contributed by atoms with Gasteiger partial charge in [-0.2, -0.15) is 0 Å². The Hall–Kier alpha value is -3.14. The van der Waals surface area contributed by atoms with Gasteiger partial charge < -0.3 is 5.11 Å². The van der Waals surface area contributed by atoms with E-state index in [1.165, 1.54) is 0 Å². The Labute approximate surface area is 170 Å². The molecule has 1 aromatic heterocycles. The molecule has 0 bridgehead atoms. The molecule has 1 heterocycles. The van der Waals surface area contributed by atoms with Crippen molar-refractivity contribution in [2.24, 2.45) is 17.8 Å². The third-order valence-corrected chi connectivity index (χ3v) is 6.11. The molecule has 0 aliphatic heterocycles. The number of aryl methyl sites for hydroxylation is 1. The van der Waals surface area contributed by atoms with Gasteiger partial charge in [0.15, 0.2) is 0 Å². The summed E-state index contributed by atoms with van der Waals surface area (Å²) in [5.74, 6) is -0.571. The molecule has 2 aliphatic carbocycles. The minimum absolute atomic E-state index is 0.0310. The Balaban J connectivity index is 1.73. The minimum Gasteiger partial charge on any atom is -0.481 e. The molecule has 148 valence electrons. The van der Waals surface area contributed by atoms with Gasteiger partial charge in [0.05, 0.1) is 11.4 Å². The van der Waals surface area contributed by atoms with E-state index in [0.29, 0.717) is 12.3 Å². The lowest BCUT2D eigenvalue weighted by Gasteiger charge is -2.30. The van der Waals surface area contributed by atoms with Crippen LogP contribution in [0.25, 0.3) is 10.9 Å². The van der Waals surface area contributed by atoms with Crippen LogP contribution < -0.4 is 0 Å². The zero-order chi connectivity index (χ0) is 20.5. The number of carboxylic acid groups (broad SMARTS) is 1. The number of carbonyl (C=O) groups is 2. The summed E-state index contributed by atoms with van der Waals surface area (Å²) < 4.78 is 1.79. The molecule has 1 N–H and O–H groups in total. The average molecular weight is 387 g/mol. The maximum atomic E-state index is 13.6. The fourth-order valence-corrected chi connectivity index (χ4v) is 4.58. The number of hydrogen-bond donors (Lipinski definition) is 1. The summed E-state index contributed by atoms with van der Waals surface area (Å²) in [5, 5.41) is 10.1. The maximum Gasteiger partial charge on any atom is 0.303 e. The molecule has 2 aromatic rings. The highest BCUT2D eigenvalue weighted by molar-refractivity contribution is 5.98. The molecule has 0 radical (unpaired) electrons. The number of fused-ring (bicyclic) bond motifs is 2. The molecule has 1 aromatic carbocycles. The van der Waals surface area contributed by atoms with Crippen LogP contribution in [0, 0.1) is 24.7 Å². The lowest BCUT2D eigenvalue weighted by Crippen LogP contribution is -2.28. The van der Waals surface area contributed by atoms with Crippen molar-refractivity contribution in [1.29, 1.82) is 0 Å². The quantitative estimate of drug-likeness (QED) is 0.777. The summed E-state index contributed by atoms with van der Waals surface area (Å²) in [6, 6.07) is 7.77. The first kappa shape index (κ1) is 19.2. The highest BCUT2D eigenvalue weighted by Gasteiger charge is 2.31. The Kier molecular flexibility index (Phi) is 5.10. The summed E-state index contributed by atoms with van der Waals surface area (Å²) in [6.45, 7) is 3.89. The van der Waals surface area contributed by atoms with Crippen molar-refractivity contribution in [2.45, 2.75) is 26.7 Å². The van der Waals surface area contributed by atoms with Crippen molar-refractivity contribution in [1.82, 2.24) is 4.57 Å². The molecule has 0 saturated heterocycles. The lowest BCUT2D eigenvalue weighted by molar-refractivity contribution is -0.136. The molecule has 0 spiro atoms. The van der Waals surface area contributed by atoms with Crippen LogP contribution in [0.4, 0.5) is 0 Å². The van der Waals surface area contributed by atoms with Crippen LogP contribution in [0.15, 0.2) is 72.4 Å². The molecule has 29 heavy (non-hydrogen) atoms. The molecular weight excluding hydrogens is 362 g/mol. The smallest absolute Gasteiger partial charge is 0.303 e. The van der Waals surface area contributed by atoms with Gasteiger partial charge in [0.1, 0.15) is 0 Å². The average Bonchev–Trinajstić information content (AvgIpc) is 3.02. The number of nitrogens with zero attached hydrogens (tertiary/aromatic N) is 1. The van der Waals surface area contributed by atoms with Crippen LogP contribution in [-0.4, -0.2) is 21.6 Å². The summed E-state index contributed by atoms with van der Waals surface area (Å²) in [5.41, 5.74) is 3.75. The van der Waals surface area contributed by atoms with Crippen molar-refractivity contribution < 1.29 is 14.7 Å². The molecule has 0 fully saturated rings. The Morgan fingerprint density at radius 2 is 1.83 bits per heavy atom. The predicted octanol–water partition coefficient (Wildman–Crippen LogP) is 5.10. The van der Waals surface area contributed by atoms with Crippen LogP contribution in [0.3, 0.4) is 0 Å². The highest BCUT2D eigenvalue weighted by atomic mass is 16.4. The number of allylic oxidation sites excluding steroid dienone is 8. The van der Waals surface area contributed by atoms with E-state index in [2.05, 4.69) is 30.4 Å². The fraction of sp³-hybridized carbons (Fsp3) is 0.280. The van der Waals surface area contributed by atoms with Gasteiger partial charge in [-0.3, -0.25) is 14.2 Å². The van der Waals surface area contributed by atoms with Gasteiger partial charge >= 0.3 is 5.97 Å². The Morgan fingerprint density at radius 3 is 2.62 bits per heavy atom. The summed E-state index contributed by atoms with van der Waals surface area (Å²) >= 11 is 0. The number of aromatic nitrogens is 1. The van der Waals surface area contributed by atoms with Gasteiger partial charge in [-0.05, 0) is 31.9 Å². The number of benzene rings is 1. The fourth-order valence-electron chi connectivity index (χ4n) is 4.58. The topological polar surface area (TPSA) is 59.3 Å². The van der Waals surface area contributed by atoms with Crippen molar-refractivity contribution >= 4 is 22.8 Å². The van der Waals surface area contributed by atoms with Crippen molar-refractivity contribution in [2.75, 3.05) is 0 Å². The monoisotopic (exact) mass is 387 g/mol. The molecule has 2 aliphatic rings. The van der Waals surface area contributed by atoms with E-state index in [9.17, 15) is 9.59 Å². The van der Waals surface area contributed by atoms with Gasteiger partial charge in [-0.1, -0.05) is 66.3 Å². The van der Waals surface area contributed by atoms with Crippen molar-refractivity contribution in [3.8, 4) is 0 Å². The first-order valence-corrected chi connectivity index (χ1v) is 10.1. The first-order valence-electron chi connectivity index (χ1n) is 10.1. The number of rotatable bonds is 5. The van der Waals surface area contributed by atoms with Gasteiger partial charge in [-0.15, -0.1) is 0 Å². The molecule has 0 saturated carbocycles. The van der Waals surface area contributed by atoms with Gasteiger partial charge in [0.25, 0.3) is 0 Å². The maximum absolute atomic E-state index is 13.6. The van der Waals surface area contributed by atoms with Crippen LogP contribution in [0.2, 0.25) is 0 Å². The SMILES string of the molecule is Cc1c(CCC(=O)O)c2ccccc2n1C(=O)C(C)C1=CC=CC2C=CC=CC12. The van der Waals surface area contributed by atoms with Crippen LogP contribution in [0.1, 0.15) is 29.4 Å². The number of para-hydroxylation sites is 1. The standard InChI is InChI=1S/C25H25NO3/c1-16(19-12-7-9-18-8-3-4-10-21(18)19)25(29)26-17(2)20(14-15-24(27)28)22-11-5-6-13-23(22)26/h3-13,16,18,21H,14-15H2,1-2H3,(H,27,28). The van der Waals surface area contributed by atoms with E-state index >= 15 is 0 Å². The van der Waals surface area contributed by atoms with E-state index in [1.807, 2.05) is 50.3 Å². The van der Waals surface area contributed by atoms with E-state index in [4.69, 9.17) is 5.11 Å². The van der Waals surface area contributed by atoms with Crippen LogP contribution in [0.5, 0.6) is 0 Å². The van der Waals surface area contributed by atoms with Gasteiger partial charge in [-0.25, -0.2) is 0 Å². The van der Waals surface area contributed by atoms with Gasteiger partial charge in [0.2, 0.25) is 5.91 Å². The van der Waals surface area contributed by atoms with E-state index in [-0.39, 0.29) is 24.2 Å². The minimum atomic E-state index is -0.830. The molecule has 3 unspecified atom stereocenters.